The molecule has 1 saturated heterocycles. The van der Waals surface area contributed by atoms with Crippen molar-refractivity contribution in [2.24, 2.45) is 0 Å². The first-order chi connectivity index (χ1) is 10.9. The number of rotatable bonds is 6. The van der Waals surface area contributed by atoms with Gasteiger partial charge >= 0.3 is 6.36 Å². The molecule has 1 aromatic rings. The van der Waals surface area contributed by atoms with Crippen molar-refractivity contribution in [3.05, 3.63) is 29.8 Å². The average Bonchev–Trinajstić information content (AvgIpc) is 2.48. The second kappa shape index (κ2) is 11.4. The van der Waals surface area contributed by atoms with E-state index in [2.05, 4.69) is 20.3 Å². The van der Waals surface area contributed by atoms with Gasteiger partial charge in [0.25, 0.3) is 0 Å². The molecule has 25 heavy (non-hydrogen) atoms. The zero-order chi connectivity index (χ0) is 16.7. The lowest BCUT2D eigenvalue weighted by molar-refractivity contribution is -0.274. The highest BCUT2D eigenvalue weighted by atomic mass is 35.5. The van der Waals surface area contributed by atoms with Gasteiger partial charge in [-0.05, 0) is 24.1 Å². The van der Waals surface area contributed by atoms with Crippen molar-refractivity contribution in [3.63, 3.8) is 0 Å². The lowest BCUT2D eigenvalue weighted by atomic mass is 10.1. The van der Waals surface area contributed by atoms with Crippen LogP contribution in [0, 0.1) is 0 Å². The summed E-state index contributed by atoms with van der Waals surface area (Å²) in [6.07, 6.45) is -4.13. The molecule has 0 aromatic heterocycles. The summed E-state index contributed by atoms with van der Waals surface area (Å²) < 4.78 is 39.9. The van der Waals surface area contributed by atoms with E-state index in [9.17, 15) is 18.0 Å². The van der Waals surface area contributed by atoms with Crippen molar-refractivity contribution in [2.75, 3.05) is 39.3 Å². The maximum absolute atomic E-state index is 12.0. The molecule has 0 aliphatic carbocycles. The Morgan fingerprint density at radius 2 is 1.76 bits per heavy atom. The summed E-state index contributed by atoms with van der Waals surface area (Å²) in [5.74, 6) is -0.284. The number of carbonyl (C=O) groups is 1. The summed E-state index contributed by atoms with van der Waals surface area (Å²) in [5, 5.41) is 6.04. The number of ether oxygens (including phenoxy) is 1. The number of hydrogen-bond donors (Lipinski definition) is 2. The molecule has 10 heteroatoms. The number of halogens is 5. The summed E-state index contributed by atoms with van der Waals surface area (Å²) in [6, 6.07) is 5.66. The Morgan fingerprint density at radius 1 is 1.16 bits per heavy atom. The minimum Gasteiger partial charge on any atom is -0.406 e. The topological polar surface area (TPSA) is 53.6 Å². The predicted octanol–water partition coefficient (Wildman–Crippen LogP) is 1.99. The third kappa shape index (κ3) is 9.74. The van der Waals surface area contributed by atoms with Gasteiger partial charge in [-0.1, -0.05) is 12.1 Å². The van der Waals surface area contributed by atoms with Gasteiger partial charge < -0.3 is 15.4 Å². The Bertz CT molecular complexity index is 510. The third-order valence-electron chi connectivity index (χ3n) is 3.47. The predicted molar refractivity (Wildman–Crippen MR) is 93.6 cm³/mol. The SMILES string of the molecule is Cl.Cl.O=C(CN1CCNCC1)NCCc1ccc(OC(F)(F)F)cc1. The first kappa shape index (κ1) is 23.8. The van der Waals surface area contributed by atoms with Crippen molar-refractivity contribution in [1.82, 2.24) is 15.5 Å². The molecule has 1 aromatic carbocycles. The Balaban J connectivity index is 0.00000288. The fraction of sp³-hybridized carbons (Fsp3) is 0.533. The van der Waals surface area contributed by atoms with Crippen molar-refractivity contribution in [2.45, 2.75) is 12.8 Å². The summed E-state index contributed by atoms with van der Waals surface area (Å²) in [4.78, 5) is 13.9. The number of piperazine rings is 1. The van der Waals surface area contributed by atoms with Crippen LogP contribution in [0.1, 0.15) is 5.56 Å². The monoisotopic (exact) mass is 403 g/mol. The highest BCUT2D eigenvalue weighted by molar-refractivity contribution is 5.85. The van der Waals surface area contributed by atoms with E-state index >= 15 is 0 Å². The van der Waals surface area contributed by atoms with E-state index in [1.165, 1.54) is 12.1 Å². The fourth-order valence-electron chi connectivity index (χ4n) is 2.33. The molecule has 0 radical (unpaired) electrons. The van der Waals surface area contributed by atoms with Crippen LogP contribution in [0.4, 0.5) is 13.2 Å². The van der Waals surface area contributed by atoms with Crippen LogP contribution in [0.15, 0.2) is 24.3 Å². The van der Waals surface area contributed by atoms with Gasteiger partial charge in [0.1, 0.15) is 5.75 Å². The minimum atomic E-state index is -4.68. The number of alkyl halides is 3. The van der Waals surface area contributed by atoms with Gasteiger partial charge in [0, 0.05) is 32.7 Å². The summed E-state index contributed by atoms with van der Waals surface area (Å²) in [7, 11) is 0. The smallest absolute Gasteiger partial charge is 0.406 e. The van der Waals surface area contributed by atoms with Crippen molar-refractivity contribution >= 4 is 30.7 Å². The molecule has 1 aliphatic heterocycles. The zero-order valence-electron chi connectivity index (χ0n) is 13.5. The molecule has 5 nitrogen and oxygen atoms in total. The summed E-state index contributed by atoms with van der Waals surface area (Å²) in [6.45, 7) is 4.31. The third-order valence-corrected chi connectivity index (χ3v) is 3.47. The van der Waals surface area contributed by atoms with Gasteiger partial charge in [0.2, 0.25) is 5.91 Å². The van der Waals surface area contributed by atoms with Crippen LogP contribution in [0.3, 0.4) is 0 Å². The Morgan fingerprint density at radius 3 is 2.32 bits per heavy atom. The zero-order valence-corrected chi connectivity index (χ0v) is 15.1. The lowest BCUT2D eigenvalue weighted by Crippen LogP contribution is -2.47. The molecule has 1 fully saturated rings. The molecular formula is C15H22Cl2F3N3O2. The molecule has 0 saturated carbocycles. The molecule has 0 spiro atoms. The van der Waals surface area contributed by atoms with Crippen LogP contribution >= 0.6 is 24.8 Å². The van der Waals surface area contributed by atoms with Gasteiger partial charge in [-0.3, -0.25) is 9.69 Å². The van der Waals surface area contributed by atoms with E-state index in [0.29, 0.717) is 19.5 Å². The highest BCUT2D eigenvalue weighted by Gasteiger charge is 2.30. The molecular weight excluding hydrogens is 382 g/mol. The Hall–Kier alpha value is -1.22. The molecule has 1 aliphatic rings. The average molecular weight is 404 g/mol. The maximum Gasteiger partial charge on any atom is 0.573 e. The lowest BCUT2D eigenvalue weighted by Gasteiger charge is -2.26. The molecule has 2 N–H and O–H groups in total. The number of amides is 1. The van der Waals surface area contributed by atoms with Gasteiger partial charge in [0.05, 0.1) is 6.54 Å². The Kier molecular flexibility index (Phi) is 10.8. The van der Waals surface area contributed by atoms with Gasteiger partial charge in [-0.25, -0.2) is 0 Å². The number of carbonyl (C=O) groups excluding carboxylic acids is 1. The standard InChI is InChI=1S/C15H20F3N3O2.2ClH/c16-15(17,18)23-13-3-1-12(2-4-13)5-6-20-14(22)11-21-9-7-19-8-10-21;;/h1-4,19H,5-11H2,(H,20,22);2*1H. The normalized spacial score (nSPS) is 14.8. The summed E-state index contributed by atoms with van der Waals surface area (Å²) in [5.41, 5.74) is 0.835. The second-order valence-electron chi connectivity index (χ2n) is 5.32. The fourth-order valence-corrected chi connectivity index (χ4v) is 2.33. The van der Waals surface area contributed by atoms with E-state index in [-0.39, 0.29) is 36.5 Å². The minimum absolute atomic E-state index is 0. The van der Waals surface area contributed by atoms with Crippen molar-refractivity contribution in [3.8, 4) is 5.75 Å². The van der Waals surface area contributed by atoms with Crippen LogP contribution in [-0.4, -0.2) is 56.4 Å². The second-order valence-corrected chi connectivity index (χ2v) is 5.32. The molecule has 1 amide bonds. The number of benzene rings is 1. The first-order valence-electron chi connectivity index (χ1n) is 7.47. The van der Waals surface area contributed by atoms with Gasteiger partial charge in [-0.2, -0.15) is 0 Å². The molecule has 0 unspecified atom stereocenters. The van der Waals surface area contributed by atoms with E-state index < -0.39 is 6.36 Å². The Labute approximate surface area is 157 Å². The molecule has 0 atom stereocenters. The van der Waals surface area contributed by atoms with E-state index in [0.717, 1.165) is 31.7 Å². The first-order valence-corrected chi connectivity index (χ1v) is 7.47. The van der Waals surface area contributed by atoms with Crippen molar-refractivity contribution < 1.29 is 22.7 Å². The number of nitrogens with one attached hydrogen (secondary N) is 2. The quantitative estimate of drug-likeness (QED) is 0.762. The highest BCUT2D eigenvalue weighted by Crippen LogP contribution is 2.22. The molecule has 1 heterocycles. The molecule has 2 rings (SSSR count). The van der Waals surface area contributed by atoms with Crippen LogP contribution in [0.5, 0.6) is 5.75 Å². The largest absolute Gasteiger partial charge is 0.573 e. The molecule has 144 valence electrons. The van der Waals surface area contributed by atoms with Gasteiger partial charge in [-0.15, -0.1) is 38.0 Å². The maximum atomic E-state index is 12.0. The van der Waals surface area contributed by atoms with Crippen LogP contribution in [0.25, 0.3) is 0 Å². The van der Waals surface area contributed by atoms with Gasteiger partial charge in [0.15, 0.2) is 0 Å². The van der Waals surface area contributed by atoms with E-state index in [4.69, 9.17) is 0 Å². The van der Waals surface area contributed by atoms with Crippen LogP contribution < -0.4 is 15.4 Å². The van der Waals surface area contributed by atoms with E-state index in [1.54, 1.807) is 12.1 Å². The number of nitrogens with zero attached hydrogens (tertiary/aromatic N) is 1. The number of hydrogen-bond acceptors (Lipinski definition) is 4. The van der Waals surface area contributed by atoms with Crippen LogP contribution in [-0.2, 0) is 11.2 Å². The molecule has 0 bridgehead atoms. The van der Waals surface area contributed by atoms with E-state index in [1.807, 2.05) is 0 Å². The van der Waals surface area contributed by atoms with Crippen LogP contribution in [0.2, 0.25) is 0 Å². The van der Waals surface area contributed by atoms with Crippen molar-refractivity contribution in [1.29, 1.82) is 0 Å². The summed E-state index contributed by atoms with van der Waals surface area (Å²) >= 11 is 0.